The summed E-state index contributed by atoms with van der Waals surface area (Å²) in [7, 11) is 0. The third kappa shape index (κ3) is 2.78. The van der Waals surface area contributed by atoms with Gasteiger partial charge in [0.1, 0.15) is 0 Å². The van der Waals surface area contributed by atoms with E-state index in [9.17, 15) is 9.90 Å². The maximum absolute atomic E-state index is 11.2. The number of carboxylic acids is 1. The van der Waals surface area contributed by atoms with Crippen LogP contribution in [0, 0.1) is 0 Å². The zero-order chi connectivity index (χ0) is 12.3. The SMILES string of the molecule is O=C(O)C(Nc1ccccc1Cl)c1ccsc1. The van der Waals surface area contributed by atoms with Crippen molar-refractivity contribution >= 4 is 34.6 Å². The molecule has 2 aromatic rings. The number of aliphatic carboxylic acids is 1. The average molecular weight is 268 g/mol. The van der Waals surface area contributed by atoms with E-state index in [1.807, 2.05) is 10.8 Å². The smallest absolute Gasteiger partial charge is 0.330 e. The fraction of sp³-hybridized carbons (Fsp3) is 0.0833. The van der Waals surface area contributed by atoms with Crippen LogP contribution >= 0.6 is 22.9 Å². The van der Waals surface area contributed by atoms with Gasteiger partial charge in [0.15, 0.2) is 6.04 Å². The van der Waals surface area contributed by atoms with Gasteiger partial charge < -0.3 is 10.4 Å². The Labute approximate surface area is 108 Å². The first kappa shape index (κ1) is 12.0. The van der Waals surface area contributed by atoms with E-state index in [0.717, 1.165) is 5.56 Å². The van der Waals surface area contributed by atoms with Crippen molar-refractivity contribution < 1.29 is 9.90 Å². The Kier molecular flexibility index (Phi) is 3.66. The number of nitrogens with one attached hydrogen (secondary N) is 1. The summed E-state index contributed by atoms with van der Waals surface area (Å²) in [6.45, 7) is 0. The highest BCUT2D eigenvalue weighted by atomic mass is 35.5. The van der Waals surface area contributed by atoms with E-state index >= 15 is 0 Å². The molecule has 0 radical (unpaired) electrons. The number of thiophene rings is 1. The molecule has 1 heterocycles. The van der Waals surface area contributed by atoms with Gasteiger partial charge in [-0.05, 0) is 34.5 Å². The van der Waals surface area contributed by atoms with Crippen LogP contribution in [0.4, 0.5) is 5.69 Å². The third-order valence-electron chi connectivity index (χ3n) is 2.30. The van der Waals surface area contributed by atoms with E-state index in [2.05, 4.69) is 5.32 Å². The van der Waals surface area contributed by atoms with Gasteiger partial charge >= 0.3 is 5.97 Å². The highest BCUT2D eigenvalue weighted by Crippen LogP contribution is 2.27. The lowest BCUT2D eigenvalue weighted by Crippen LogP contribution is -2.20. The molecule has 2 N–H and O–H groups in total. The molecule has 2 rings (SSSR count). The molecule has 0 aliphatic rings. The van der Waals surface area contributed by atoms with Crippen molar-refractivity contribution in [2.45, 2.75) is 6.04 Å². The predicted octanol–water partition coefficient (Wildman–Crippen LogP) is 3.64. The Balaban J connectivity index is 2.26. The second-order valence-corrected chi connectivity index (χ2v) is 4.64. The van der Waals surface area contributed by atoms with Crippen LogP contribution in [0.25, 0.3) is 0 Å². The molecule has 0 aliphatic heterocycles. The van der Waals surface area contributed by atoms with Crippen molar-refractivity contribution in [2.24, 2.45) is 0 Å². The number of halogens is 1. The van der Waals surface area contributed by atoms with E-state index in [-0.39, 0.29) is 0 Å². The Hall–Kier alpha value is -1.52. The maximum Gasteiger partial charge on any atom is 0.330 e. The summed E-state index contributed by atoms with van der Waals surface area (Å²) in [6, 6.07) is 8.09. The van der Waals surface area contributed by atoms with Gasteiger partial charge in [0, 0.05) is 0 Å². The molecule has 88 valence electrons. The molecule has 1 aromatic heterocycles. The number of anilines is 1. The first-order chi connectivity index (χ1) is 8.18. The zero-order valence-corrected chi connectivity index (χ0v) is 10.3. The molecule has 0 fully saturated rings. The third-order valence-corrected chi connectivity index (χ3v) is 3.33. The molecule has 0 spiro atoms. The molecule has 1 aromatic carbocycles. The van der Waals surface area contributed by atoms with Gasteiger partial charge in [0.25, 0.3) is 0 Å². The van der Waals surface area contributed by atoms with Crippen molar-refractivity contribution in [1.82, 2.24) is 0 Å². The monoisotopic (exact) mass is 267 g/mol. The van der Waals surface area contributed by atoms with Gasteiger partial charge in [0.05, 0.1) is 10.7 Å². The summed E-state index contributed by atoms with van der Waals surface area (Å²) in [5, 5.41) is 16.3. The van der Waals surface area contributed by atoms with E-state index in [4.69, 9.17) is 11.6 Å². The van der Waals surface area contributed by atoms with Crippen molar-refractivity contribution in [3.63, 3.8) is 0 Å². The molecule has 1 unspecified atom stereocenters. The summed E-state index contributed by atoms with van der Waals surface area (Å²) in [6.07, 6.45) is 0. The van der Waals surface area contributed by atoms with Crippen molar-refractivity contribution in [1.29, 1.82) is 0 Å². The molecule has 0 aliphatic carbocycles. The van der Waals surface area contributed by atoms with E-state index in [1.165, 1.54) is 11.3 Å². The van der Waals surface area contributed by atoms with Crippen LogP contribution in [-0.4, -0.2) is 11.1 Å². The summed E-state index contributed by atoms with van der Waals surface area (Å²) in [5.41, 5.74) is 1.34. The molecule has 17 heavy (non-hydrogen) atoms. The van der Waals surface area contributed by atoms with Crippen molar-refractivity contribution in [2.75, 3.05) is 5.32 Å². The van der Waals surface area contributed by atoms with Crippen LogP contribution in [0.15, 0.2) is 41.1 Å². The normalized spacial score (nSPS) is 12.1. The lowest BCUT2D eigenvalue weighted by atomic mass is 10.1. The highest BCUT2D eigenvalue weighted by molar-refractivity contribution is 7.08. The standard InChI is InChI=1S/C12H10ClNO2S/c13-9-3-1-2-4-10(9)14-11(12(15)16)8-5-6-17-7-8/h1-7,11,14H,(H,15,16). The lowest BCUT2D eigenvalue weighted by molar-refractivity contribution is -0.138. The minimum Gasteiger partial charge on any atom is -0.479 e. The van der Waals surface area contributed by atoms with Crippen LogP contribution in [-0.2, 0) is 4.79 Å². The average Bonchev–Trinajstić information content (AvgIpc) is 2.81. The largest absolute Gasteiger partial charge is 0.479 e. The van der Waals surface area contributed by atoms with E-state index in [0.29, 0.717) is 10.7 Å². The van der Waals surface area contributed by atoms with Gasteiger partial charge in [-0.25, -0.2) is 4.79 Å². The molecule has 0 amide bonds. The first-order valence-corrected chi connectivity index (χ1v) is 6.26. The molecular weight excluding hydrogens is 258 g/mol. The second kappa shape index (κ2) is 5.21. The van der Waals surface area contributed by atoms with Gasteiger partial charge in [-0.2, -0.15) is 11.3 Å². The van der Waals surface area contributed by atoms with Crippen LogP contribution in [0.5, 0.6) is 0 Å². The number of benzene rings is 1. The summed E-state index contributed by atoms with van der Waals surface area (Å²) >= 11 is 7.45. The minimum atomic E-state index is -0.927. The molecule has 1 atom stereocenters. The Morgan fingerprint density at radius 2 is 2.12 bits per heavy atom. The summed E-state index contributed by atoms with van der Waals surface area (Å²) < 4.78 is 0. The number of carboxylic acid groups (broad SMARTS) is 1. The minimum absolute atomic E-state index is 0.508. The quantitative estimate of drug-likeness (QED) is 0.889. The molecule has 0 saturated heterocycles. The molecule has 0 saturated carbocycles. The second-order valence-electron chi connectivity index (χ2n) is 3.45. The van der Waals surface area contributed by atoms with Crippen LogP contribution < -0.4 is 5.32 Å². The fourth-order valence-electron chi connectivity index (χ4n) is 1.46. The van der Waals surface area contributed by atoms with Crippen molar-refractivity contribution in [3.05, 3.63) is 51.7 Å². The van der Waals surface area contributed by atoms with Crippen LogP contribution in [0.1, 0.15) is 11.6 Å². The fourth-order valence-corrected chi connectivity index (χ4v) is 2.34. The number of hydrogen-bond donors (Lipinski definition) is 2. The number of para-hydroxylation sites is 1. The predicted molar refractivity (Wildman–Crippen MR) is 69.8 cm³/mol. The Morgan fingerprint density at radius 3 is 2.71 bits per heavy atom. The van der Waals surface area contributed by atoms with Gasteiger partial charge in [-0.3, -0.25) is 0 Å². The van der Waals surface area contributed by atoms with Gasteiger partial charge in [0.2, 0.25) is 0 Å². The van der Waals surface area contributed by atoms with Gasteiger partial charge in [-0.1, -0.05) is 23.7 Å². The van der Waals surface area contributed by atoms with E-state index < -0.39 is 12.0 Å². The molecule has 5 heteroatoms. The molecule has 3 nitrogen and oxygen atoms in total. The van der Waals surface area contributed by atoms with Gasteiger partial charge in [-0.15, -0.1) is 0 Å². The highest BCUT2D eigenvalue weighted by Gasteiger charge is 2.20. The van der Waals surface area contributed by atoms with Crippen molar-refractivity contribution in [3.8, 4) is 0 Å². The Morgan fingerprint density at radius 1 is 1.35 bits per heavy atom. The molecular formula is C12H10ClNO2S. The van der Waals surface area contributed by atoms with E-state index in [1.54, 1.807) is 30.3 Å². The number of hydrogen-bond acceptors (Lipinski definition) is 3. The maximum atomic E-state index is 11.2. The lowest BCUT2D eigenvalue weighted by Gasteiger charge is -2.15. The van der Waals surface area contributed by atoms with Crippen LogP contribution in [0.2, 0.25) is 5.02 Å². The summed E-state index contributed by atoms with van der Waals surface area (Å²) in [5.74, 6) is -0.927. The Bertz CT molecular complexity index is 513. The first-order valence-electron chi connectivity index (χ1n) is 4.94. The molecule has 0 bridgehead atoms. The van der Waals surface area contributed by atoms with Crippen LogP contribution in [0.3, 0.4) is 0 Å². The summed E-state index contributed by atoms with van der Waals surface area (Å²) in [4.78, 5) is 11.2. The topological polar surface area (TPSA) is 49.3 Å². The zero-order valence-electron chi connectivity index (χ0n) is 8.76. The number of rotatable bonds is 4. The number of carbonyl (C=O) groups is 1.